The first-order valence-electron chi connectivity index (χ1n) is 11.0. The third kappa shape index (κ3) is 6.95. The van der Waals surface area contributed by atoms with E-state index < -0.39 is 0 Å². The monoisotopic (exact) mass is 475 g/mol. The summed E-state index contributed by atoms with van der Waals surface area (Å²) in [5.41, 5.74) is 2.07. The molecule has 178 valence electrons. The maximum absolute atomic E-state index is 13.0. The van der Waals surface area contributed by atoms with Gasteiger partial charge in [-0.25, -0.2) is 0 Å². The van der Waals surface area contributed by atoms with E-state index in [4.69, 9.17) is 16.3 Å². The van der Waals surface area contributed by atoms with Crippen LogP contribution in [0.1, 0.15) is 41.5 Å². The maximum Gasteiger partial charge on any atom is 0.255 e. The van der Waals surface area contributed by atoms with Crippen LogP contribution in [0.3, 0.4) is 0 Å². The summed E-state index contributed by atoms with van der Waals surface area (Å²) in [6, 6.07) is 6.43. The highest BCUT2D eigenvalue weighted by Crippen LogP contribution is 2.23. The molecule has 2 aromatic rings. The van der Waals surface area contributed by atoms with Crippen LogP contribution in [0.25, 0.3) is 0 Å². The molecule has 0 spiro atoms. The summed E-state index contributed by atoms with van der Waals surface area (Å²) in [5.74, 6) is -0.338. The van der Waals surface area contributed by atoms with Crippen molar-refractivity contribution in [2.75, 3.05) is 26.2 Å². The van der Waals surface area contributed by atoms with Crippen LogP contribution in [-0.2, 0) is 16.1 Å². The summed E-state index contributed by atoms with van der Waals surface area (Å²) in [7, 11) is 0. The quantitative estimate of drug-likeness (QED) is 0.691. The topological polar surface area (TPSA) is 106 Å². The molecule has 10 heteroatoms. The Morgan fingerprint density at radius 2 is 2.03 bits per heavy atom. The van der Waals surface area contributed by atoms with Gasteiger partial charge in [0.15, 0.2) is 0 Å². The van der Waals surface area contributed by atoms with E-state index in [0.717, 1.165) is 11.4 Å². The average Bonchev–Trinajstić information content (AvgIpc) is 3.07. The van der Waals surface area contributed by atoms with Crippen molar-refractivity contribution in [3.8, 4) is 5.75 Å². The molecular weight excluding hydrogens is 446 g/mol. The predicted octanol–water partition coefficient (Wildman–Crippen LogP) is 2.09. The fourth-order valence-corrected chi connectivity index (χ4v) is 3.81. The summed E-state index contributed by atoms with van der Waals surface area (Å²) >= 11 is 6.06. The Morgan fingerprint density at radius 3 is 2.76 bits per heavy atom. The molecule has 0 saturated carbocycles. The van der Waals surface area contributed by atoms with E-state index in [-0.39, 0.29) is 43.5 Å². The second kappa shape index (κ2) is 11.2. The number of benzene rings is 1. The van der Waals surface area contributed by atoms with Crippen molar-refractivity contribution < 1.29 is 19.1 Å². The molecule has 3 rings (SSSR count). The Labute approximate surface area is 198 Å². The van der Waals surface area contributed by atoms with Crippen LogP contribution in [0.5, 0.6) is 5.75 Å². The number of hydrogen-bond donors (Lipinski definition) is 2. The van der Waals surface area contributed by atoms with Crippen LogP contribution >= 0.6 is 11.6 Å². The van der Waals surface area contributed by atoms with Crippen LogP contribution in [0.2, 0.25) is 5.02 Å². The lowest BCUT2D eigenvalue weighted by molar-refractivity contribution is -0.137. The predicted molar refractivity (Wildman–Crippen MR) is 124 cm³/mol. The minimum absolute atomic E-state index is 0.0545. The van der Waals surface area contributed by atoms with Gasteiger partial charge in [-0.2, -0.15) is 5.10 Å². The van der Waals surface area contributed by atoms with Crippen molar-refractivity contribution in [2.24, 2.45) is 0 Å². The van der Waals surface area contributed by atoms with Crippen LogP contribution in [0, 0.1) is 13.8 Å². The second-order valence-electron chi connectivity index (χ2n) is 8.28. The molecule has 1 aromatic carbocycles. The summed E-state index contributed by atoms with van der Waals surface area (Å²) in [4.78, 5) is 39.8. The molecule has 0 saturated heterocycles. The SMILES string of the molecule is Cc1cc(C)n(CC(=O)N2CCCCNC(=O)c3cc(Cl)ccc3OC[C@@H](C)NC(=O)C2)n1. The molecular formula is C23H30ClN5O4. The van der Waals surface area contributed by atoms with Crippen molar-refractivity contribution in [1.82, 2.24) is 25.3 Å². The zero-order valence-electron chi connectivity index (χ0n) is 19.2. The zero-order chi connectivity index (χ0) is 24.0. The van der Waals surface area contributed by atoms with Gasteiger partial charge in [-0.15, -0.1) is 0 Å². The van der Waals surface area contributed by atoms with Gasteiger partial charge < -0.3 is 20.3 Å². The molecule has 2 heterocycles. The van der Waals surface area contributed by atoms with Gasteiger partial charge in [0.1, 0.15) is 18.9 Å². The summed E-state index contributed by atoms with van der Waals surface area (Å²) in [6.07, 6.45) is 1.27. The number of ether oxygens (including phenoxy) is 1. The van der Waals surface area contributed by atoms with Gasteiger partial charge in [0.25, 0.3) is 5.91 Å². The van der Waals surface area contributed by atoms with Crippen molar-refractivity contribution in [3.05, 3.63) is 46.2 Å². The molecule has 0 bridgehead atoms. The standard InChI is InChI=1S/C23H30ClN5O4/c1-15-10-17(3)29(27-15)13-22(31)28-9-5-4-8-25-23(32)19-11-18(24)6-7-20(19)33-14-16(2)26-21(30)12-28/h6-7,10-11,16H,4-5,8-9,12-14H2,1-3H3,(H,25,32)(H,26,30)/t16-/m1/s1. The maximum atomic E-state index is 13.0. The fourth-order valence-electron chi connectivity index (χ4n) is 3.64. The van der Waals surface area contributed by atoms with E-state index in [9.17, 15) is 14.4 Å². The molecule has 2 N–H and O–H groups in total. The zero-order valence-corrected chi connectivity index (χ0v) is 19.9. The first-order chi connectivity index (χ1) is 15.7. The molecule has 0 fully saturated rings. The van der Waals surface area contributed by atoms with Gasteiger partial charge in [-0.3, -0.25) is 19.1 Å². The summed E-state index contributed by atoms with van der Waals surface area (Å²) < 4.78 is 7.44. The number of amides is 3. The number of aryl methyl sites for hydroxylation is 2. The van der Waals surface area contributed by atoms with Crippen LogP contribution in [0.15, 0.2) is 24.3 Å². The van der Waals surface area contributed by atoms with E-state index in [1.165, 1.54) is 4.90 Å². The van der Waals surface area contributed by atoms with E-state index in [2.05, 4.69) is 15.7 Å². The van der Waals surface area contributed by atoms with Gasteiger partial charge in [-0.05, 0) is 57.9 Å². The Kier molecular flexibility index (Phi) is 8.32. The van der Waals surface area contributed by atoms with Crippen molar-refractivity contribution in [1.29, 1.82) is 0 Å². The third-order valence-electron chi connectivity index (χ3n) is 5.30. The number of carbonyl (C=O) groups is 3. The molecule has 0 unspecified atom stereocenters. The molecule has 1 aromatic heterocycles. The molecule has 0 aliphatic carbocycles. The van der Waals surface area contributed by atoms with E-state index in [0.29, 0.717) is 42.3 Å². The van der Waals surface area contributed by atoms with Gasteiger partial charge in [0.05, 0.1) is 23.8 Å². The number of carbonyl (C=O) groups excluding carboxylic acids is 3. The lowest BCUT2D eigenvalue weighted by Crippen LogP contribution is -2.46. The van der Waals surface area contributed by atoms with E-state index in [1.807, 2.05) is 19.9 Å². The molecule has 33 heavy (non-hydrogen) atoms. The highest BCUT2D eigenvalue weighted by Gasteiger charge is 2.21. The lowest BCUT2D eigenvalue weighted by Gasteiger charge is -2.24. The fraction of sp³-hybridized carbons (Fsp3) is 0.478. The van der Waals surface area contributed by atoms with Gasteiger partial charge in [0.2, 0.25) is 11.8 Å². The number of nitrogens with one attached hydrogen (secondary N) is 2. The number of halogens is 1. The molecule has 1 atom stereocenters. The van der Waals surface area contributed by atoms with Crippen LogP contribution < -0.4 is 15.4 Å². The van der Waals surface area contributed by atoms with Gasteiger partial charge in [-0.1, -0.05) is 11.6 Å². The number of hydrogen-bond acceptors (Lipinski definition) is 5. The molecule has 0 radical (unpaired) electrons. The molecule has 1 aliphatic rings. The minimum Gasteiger partial charge on any atom is -0.491 e. The third-order valence-corrected chi connectivity index (χ3v) is 5.53. The first kappa shape index (κ1) is 24.6. The van der Waals surface area contributed by atoms with Crippen molar-refractivity contribution >= 4 is 29.3 Å². The van der Waals surface area contributed by atoms with E-state index in [1.54, 1.807) is 29.8 Å². The smallest absolute Gasteiger partial charge is 0.255 e. The number of nitrogens with zero attached hydrogens (tertiary/aromatic N) is 3. The average molecular weight is 476 g/mol. The Bertz CT molecular complexity index is 1020. The van der Waals surface area contributed by atoms with E-state index >= 15 is 0 Å². The largest absolute Gasteiger partial charge is 0.491 e. The molecule has 3 amide bonds. The lowest BCUT2D eigenvalue weighted by atomic mass is 10.2. The van der Waals surface area contributed by atoms with Crippen molar-refractivity contribution in [2.45, 2.75) is 46.2 Å². The highest BCUT2D eigenvalue weighted by molar-refractivity contribution is 6.31. The molecule has 9 nitrogen and oxygen atoms in total. The first-order valence-corrected chi connectivity index (χ1v) is 11.4. The molecule has 1 aliphatic heterocycles. The number of rotatable bonds is 2. The Hall–Kier alpha value is -3.07. The van der Waals surface area contributed by atoms with Crippen LogP contribution in [0.4, 0.5) is 0 Å². The summed E-state index contributed by atoms with van der Waals surface area (Å²) in [5, 5.41) is 10.5. The highest BCUT2D eigenvalue weighted by atomic mass is 35.5. The summed E-state index contributed by atoms with van der Waals surface area (Å²) in [6.45, 7) is 6.55. The minimum atomic E-state index is -0.331. The van der Waals surface area contributed by atoms with Gasteiger partial charge >= 0.3 is 0 Å². The van der Waals surface area contributed by atoms with Crippen molar-refractivity contribution in [3.63, 3.8) is 0 Å². The normalized spacial score (nSPS) is 18.3. The Balaban J connectivity index is 1.71. The van der Waals surface area contributed by atoms with Crippen LogP contribution in [-0.4, -0.2) is 64.7 Å². The second-order valence-corrected chi connectivity index (χ2v) is 8.72. The number of fused-ring (bicyclic) bond motifs is 1. The van der Waals surface area contributed by atoms with Gasteiger partial charge in [0, 0.05) is 23.8 Å². The Morgan fingerprint density at radius 1 is 1.24 bits per heavy atom. The number of aromatic nitrogens is 2.